The number of hydrogen-bond acceptors (Lipinski definition) is 9. The highest BCUT2D eigenvalue weighted by Gasteiger charge is 2.54. The molecule has 0 aromatic rings. The lowest BCUT2D eigenvalue weighted by atomic mass is 9.72. The van der Waals surface area contributed by atoms with E-state index in [2.05, 4.69) is 0 Å². The Morgan fingerprint density at radius 2 is 1.55 bits per heavy atom. The van der Waals surface area contributed by atoms with E-state index in [1.54, 1.807) is 19.9 Å². The third kappa shape index (κ3) is 7.98. The molecule has 0 N–H and O–H groups in total. The van der Waals surface area contributed by atoms with Gasteiger partial charge in [0.2, 0.25) is 0 Å². The number of Topliss-reactive ketones (excluding diaryl/α,β-unsaturated/α-hetero) is 1. The number of ether oxygens (including phenoxy) is 4. The average Bonchev–Trinajstić information content (AvgIpc) is 3.08. The molecule has 0 amide bonds. The van der Waals surface area contributed by atoms with Gasteiger partial charge >= 0.3 is 23.9 Å². The molecule has 0 radical (unpaired) electrons. The van der Waals surface area contributed by atoms with Gasteiger partial charge in [-0.15, -0.1) is 0 Å². The van der Waals surface area contributed by atoms with Crippen LogP contribution in [-0.4, -0.2) is 55.6 Å². The van der Waals surface area contributed by atoms with Gasteiger partial charge in [0, 0.05) is 32.1 Å². The molecule has 0 spiro atoms. The molecule has 1 aliphatic rings. The first kappa shape index (κ1) is 28.3. The SMILES string of the molecule is CCOC(=O)C(CC=C(C)C)(C[C@@H]1C(=O)CC[C@H]1C(COC(C)=O)OC(C)=O)C(=O)OCC. The Bertz CT molecular complexity index is 746. The normalized spacial score (nSPS) is 18.8. The van der Waals surface area contributed by atoms with E-state index in [-0.39, 0.29) is 44.9 Å². The molecule has 33 heavy (non-hydrogen) atoms. The van der Waals surface area contributed by atoms with Gasteiger partial charge in [-0.25, -0.2) is 0 Å². The maximum absolute atomic E-state index is 13.1. The lowest BCUT2D eigenvalue weighted by Crippen LogP contribution is -2.46. The molecule has 1 fully saturated rings. The van der Waals surface area contributed by atoms with Gasteiger partial charge in [-0.3, -0.25) is 24.0 Å². The summed E-state index contributed by atoms with van der Waals surface area (Å²) in [4.78, 5) is 62.2. The fourth-order valence-corrected chi connectivity index (χ4v) is 4.09. The zero-order valence-corrected chi connectivity index (χ0v) is 20.4. The molecule has 186 valence electrons. The van der Waals surface area contributed by atoms with E-state index >= 15 is 0 Å². The molecule has 9 nitrogen and oxygen atoms in total. The zero-order chi connectivity index (χ0) is 25.2. The first-order valence-corrected chi connectivity index (χ1v) is 11.3. The first-order chi connectivity index (χ1) is 15.5. The maximum Gasteiger partial charge on any atom is 0.323 e. The smallest absolute Gasteiger partial charge is 0.323 e. The first-order valence-electron chi connectivity index (χ1n) is 11.3. The molecule has 0 bridgehead atoms. The van der Waals surface area contributed by atoms with Crippen molar-refractivity contribution in [3.8, 4) is 0 Å². The molecular formula is C24H36O9. The monoisotopic (exact) mass is 468 g/mol. The summed E-state index contributed by atoms with van der Waals surface area (Å²) >= 11 is 0. The summed E-state index contributed by atoms with van der Waals surface area (Å²) in [6, 6.07) is 0. The van der Waals surface area contributed by atoms with Crippen LogP contribution in [0.2, 0.25) is 0 Å². The van der Waals surface area contributed by atoms with Crippen LogP contribution in [0, 0.1) is 17.3 Å². The van der Waals surface area contributed by atoms with E-state index < -0.39 is 47.2 Å². The molecule has 9 heteroatoms. The van der Waals surface area contributed by atoms with Gasteiger partial charge in [-0.2, -0.15) is 0 Å². The van der Waals surface area contributed by atoms with E-state index in [9.17, 15) is 24.0 Å². The number of esters is 4. The molecule has 0 aromatic carbocycles. The number of carbonyl (C=O) groups excluding carboxylic acids is 5. The van der Waals surface area contributed by atoms with Crippen LogP contribution >= 0.6 is 0 Å². The van der Waals surface area contributed by atoms with Crippen LogP contribution < -0.4 is 0 Å². The van der Waals surface area contributed by atoms with Gasteiger partial charge in [-0.05, 0) is 47.0 Å². The third-order valence-electron chi connectivity index (χ3n) is 5.66. The zero-order valence-electron chi connectivity index (χ0n) is 20.4. The predicted octanol–water partition coefficient (Wildman–Crippen LogP) is 2.94. The van der Waals surface area contributed by atoms with Crippen molar-refractivity contribution in [3.63, 3.8) is 0 Å². The Kier molecular flexibility index (Phi) is 11.2. The second kappa shape index (κ2) is 13.1. The van der Waals surface area contributed by atoms with Crippen molar-refractivity contribution in [2.45, 2.75) is 73.3 Å². The Labute approximate surface area is 195 Å². The lowest BCUT2D eigenvalue weighted by Gasteiger charge is -2.34. The number of carbonyl (C=O) groups is 5. The van der Waals surface area contributed by atoms with Crippen molar-refractivity contribution < 1.29 is 42.9 Å². The van der Waals surface area contributed by atoms with Crippen LogP contribution in [0.1, 0.15) is 67.2 Å². The second-order valence-electron chi connectivity index (χ2n) is 8.44. The highest BCUT2D eigenvalue weighted by atomic mass is 16.6. The number of allylic oxidation sites excluding steroid dienone is 2. The van der Waals surface area contributed by atoms with E-state index in [0.717, 1.165) is 5.57 Å². The molecule has 1 unspecified atom stereocenters. The summed E-state index contributed by atoms with van der Waals surface area (Å²) in [5.74, 6) is -4.14. The Hall–Kier alpha value is -2.71. The lowest BCUT2D eigenvalue weighted by molar-refractivity contribution is -0.175. The van der Waals surface area contributed by atoms with Gasteiger partial charge in [0.1, 0.15) is 18.5 Å². The number of rotatable bonds is 12. The second-order valence-corrected chi connectivity index (χ2v) is 8.44. The van der Waals surface area contributed by atoms with Gasteiger partial charge in [0.15, 0.2) is 5.41 Å². The molecule has 1 saturated carbocycles. The summed E-state index contributed by atoms with van der Waals surface area (Å²) in [5.41, 5.74) is -0.844. The van der Waals surface area contributed by atoms with Crippen molar-refractivity contribution in [1.82, 2.24) is 0 Å². The topological polar surface area (TPSA) is 122 Å². The summed E-state index contributed by atoms with van der Waals surface area (Å²) in [6.07, 6.45) is 1.27. The molecular weight excluding hydrogens is 432 g/mol. The van der Waals surface area contributed by atoms with Crippen LogP contribution in [0.3, 0.4) is 0 Å². The summed E-state index contributed by atoms with van der Waals surface area (Å²) in [5, 5.41) is 0. The summed E-state index contributed by atoms with van der Waals surface area (Å²) in [6.45, 7) is 9.28. The molecule has 1 aliphatic carbocycles. The summed E-state index contributed by atoms with van der Waals surface area (Å²) in [7, 11) is 0. The summed E-state index contributed by atoms with van der Waals surface area (Å²) < 4.78 is 21.0. The predicted molar refractivity (Wildman–Crippen MR) is 118 cm³/mol. The minimum absolute atomic E-state index is 0.00563. The molecule has 0 aromatic heterocycles. The van der Waals surface area contributed by atoms with Crippen LogP contribution in [0.15, 0.2) is 11.6 Å². The van der Waals surface area contributed by atoms with Gasteiger partial charge in [0.05, 0.1) is 13.2 Å². The van der Waals surface area contributed by atoms with Crippen LogP contribution in [0.4, 0.5) is 0 Å². The Morgan fingerprint density at radius 1 is 0.970 bits per heavy atom. The Balaban J connectivity index is 3.44. The quantitative estimate of drug-likeness (QED) is 0.184. The number of ketones is 1. The van der Waals surface area contributed by atoms with E-state index in [1.165, 1.54) is 13.8 Å². The molecule has 1 rings (SSSR count). The van der Waals surface area contributed by atoms with E-state index in [1.807, 2.05) is 13.8 Å². The maximum atomic E-state index is 13.1. The molecule has 0 heterocycles. The van der Waals surface area contributed by atoms with Crippen molar-refractivity contribution in [2.75, 3.05) is 19.8 Å². The third-order valence-corrected chi connectivity index (χ3v) is 5.66. The minimum atomic E-state index is -1.73. The van der Waals surface area contributed by atoms with Crippen LogP contribution in [0.5, 0.6) is 0 Å². The van der Waals surface area contributed by atoms with Crippen molar-refractivity contribution in [3.05, 3.63) is 11.6 Å². The molecule has 3 atom stereocenters. The number of hydrogen-bond donors (Lipinski definition) is 0. The van der Waals surface area contributed by atoms with Crippen molar-refractivity contribution in [1.29, 1.82) is 0 Å². The average molecular weight is 469 g/mol. The van der Waals surface area contributed by atoms with Gasteiger partial charge < -0.3 is 18.9 Å². The highest BCUT2D eigenvalue weighted by molar-refractivity contribution is 6.01. The molecule has 0 saturated heterocycles. The van der Waals surface area contributed by atoms with Gasteiger partial charge in [-0.1, -0.05) is 11.6 Å². The van der Waals surface area contributed by atoms with E-state index in [4.69, 9.17) is 18.9 Å². The fourth-order valence-electron chi connectivity index (χ4n) is 4.09. The van der Waals surface area contributed by atoms with Crippen LogP contribution in [0.25, 0.3) is 0 Å². The van der Waals surface area contributed by atoms with Crippen molar-refractivity contribution >= 4 is 29.7 Å². The fraction of sp³-hybridized carbons (Fsp3) is 0.708. The largest absolute Gasteiger partial charge is 0.465 e. The van der Waals surface area contributed by atoms with Crippen LogP contribution in [-0.2, 0) is 42.9 Å². The molecule has 0 aliphatic heterocycles. The van der Waals surface area contributed by atoms with Crippen molar-refractivity contribution in [2.24, 2.45) is 17.3 Å². The van der Waals surface area contributed by atoms with E-state index in [0.29, 0.717) is 6.42 Å². The minimum Gasteiger partial charge on any atom is -0.465 e. The Morgan fingerprint density at radius 3 is 2.00 bits per heavy atom. The van der Waals surface area contributed by atoms with Gasteiger partial charge in [0.25, 0.3) is 0 Å². The standard InChI is InChI=1S/C24H36O9/c1-7-30-22(28)24(12-11-15(3)4,23(29)31-8-2)13-19-18(9-10-20(19)27)21(33-17(6)26)14-32-16(5)25/h11,18-19,21H,7-10,12-14H2,1-6H3/t18-,19+,21?/m1/s1. The highest BCUT2D eigenvalue weighted by Crippen LogP contribution is 2.44.